The van der Waals surface area contributed by atoms with Crippen LogP contribution >= 0.6 is 27.5 Å². The van der Waals surface area contributed by atoms with Crippen LogP contribution in [-0.4, -0.2) is 24.8 Å². The van der Waals surface area contributed by atoms with E-state index in [4.69, 9.17) is 11.6 Å². The predicted octanol–water partition coefficient (Wildman–Crippen LogP) is 4.02. The van der Waals surface area contributed by atoms with Crippen molar-refractivity contribution in [1.82, 2.24) is 4.90 Å². The van der Waals surface area contributed by atoms with E-state index in [1.807, 2.05) is 31.0 Å². The standard InChI is InChI=1S/C11H14BrClN2/c1-4-15(3)7-14-11-5-8(2)9(12)6-10(11)13/h5-7H,4H2,1-3H3/b14-7+. The van der Waals surface area contributed by atoms with E-state index in [2.05, 4.69) is 27.8 Å². The Bertz CT molecular complexity index is 377. The third-order valence-electron chi connectivity index (χ3n) is 2.12. The minimum Gasteiger partial charge on any atom is -0.366 e. The molecule has 0 spiro atoms. The molecule has 0 saturated heterocycles. The third kappa shape index (κ3) is 3.50. The highest BCUT2D eigenvalue weighted by molar-refractivity contribution is 9.10. The maximum absolute atomic E-state index is 6.07. The van der Waals surface area contributed by atoms with E-state index in [1.54, 1.807) is 6.34 Å². The molecule has 0 heterocycles. The van der Waals surface area contributed by atoms with Gasteiger partial charge in [0.1, 0.15) is 0 Å². The second kappa shape index (κ2) is 5.52. The number of rotatable bonds is 3. The molecule has 0 saturated carbocycles. The van der Waals surface area contributed by atoms with E-state index in [9.17, 15) is 0 Å². The molecule has 0 fully saturated rings. The summed E-state index contributed by atoms with van der Waals surface area (Å²) < 4.78 is 1.01. The van der Waals surface area contributed by atoms with E-state index in [1.165, 1.54) is 0 Å². The Balaban J connectivity index is 2.95. The first kappa shape index (κ1) is 12.5. The van der Waals surface area contributed by atoms with Crippen molar-refractivity contribution < 1.29 is 0 Å². The Morgan fingerprint density at radius 1 is 1.53 bits per heavy atom. The molecule has 0 radical (unpaired) electrons. The van der Waals surface area contributed by atoms with Crippen molar-refractivity contribution in [2.75, 3.05) is 13.6 Å². The van der Waals surface area contributed by atoms with Crippen LogP contribution in [0, 0.1) is 6.92 Å². The zero-order valence-electron chi connectivity index (χ0n) is 9.09. The molecule has 0 aliphatic rings. The van der Waals surface area contributed by atoms with Crippen LogP contribution in [-0.2, 0) is 0 Å². The fourth-order valence-corrected chi connectivity index (χ4v) is 1.67. The molecule has 1 aromatic carbocycles. The summed E-state index contributed by atoms with van der Waals surface area (Å²) in [5, 5.41) is 0.660. The highest BCUT2D eigenvalue weighted by atomic mass is 79.9. The highest BCUT2D eigenvalue weighted by Gasteiger charge is 2.02. The van der Waals surface area contributed by atoms with Crippen LogP contribution in [0.3, 0.4) is 0 Å². The summed E-state index contributed by atoms with van der Waals surface area (Å²) in [5.41, 5.74) is 1.93. The molecular formula is C11H14BrClN2. The minimum atomic E-state index is 0.660. The van der Waals surface area contributed by atoms with Crippen molar-refractivity contribution in [2.45, 2.75) is 13.8 Å². The average molecular weight is 290 g/mol. The molecule has 0 amide bonds. The predicted molar refractivity (Wildman–Crippen MR) is 70.3 cm³/mol. The molecule has 2 nitrogen and oxygen atoms in total. The first-order valence-corrected chi connectivity index (χ1v) is 5.91. The van der Waals surface area contributed by atoms with Gasteiger partial charge in [0.2, 0.25) is 0 Å². The molecule has 1 rings (SSSR count). The van der Waals surface area contributed by atoms with Crippen LogP contribution in [0.5, 0.6) is 0 Å². The van der Waals surface area contributed by atoms with Crippen molar-refractivity contribution in [3.05, 3.63) is 27.2 Å². The topological polar surface area (TPSA) is 15.6 Å². The summed E-state index contributed by atoms with van der Waals surface area (Å²) >= 11 is 9.49. The highest BCUT2D eigenvalue weighted by Crippen LogP contribution is 2.30. The zero-order valence-corrected chi connectivity index (χ0v) is 11.4. The number of benzene rings is 1. The number of hydrogen-bond acceptors (Lipinski definition) is 1. The van der Waals surface area contributed by atoms with E-state index in [0.717, 1.165) is 22.3 Å². The fourth-order valence-electron chi connectivity index (χ4n) is 0.983. The molecule has 0 aromatic heterocycles. The molecule has 0 bridgehead atoms. The molecule has 1 aromatic rings. The zero-order chi connectivity index (χ0) is 11.4. The van der Waals surface area contributed by atoms with Gasteiger partial charge in [-0.05, 0) is 31.5 Å². The Morgan fingerprint density at radius 3 is 2.80 bits per heavy atom. The van der Waals surface area contributed by atoms with Gasteiger partial charge in [-0.3, -0.25) is 0 Å². The van der Waals surface area contributed by atoms with Crippen molar-refractivity contribution in [3.63, 3.8) is 0 Å². The van der Waals surface area contributed by atoms with Crippen LogP contribution in [0.4, 0.5) is 5.69 Å². The number of halogens is 2. The smallest absolute Gasteiger partial charge is 0.0910 e. The van der Waals surface area contributed by atoms with Crippen molar-refractivity contribution in [2.24, 2.45) is 4.99 Å². The second-order valence-corrected chi connectivity index (χ2v) is 4.63. The summed E-state index contributed by atoms with van der Waals surface area (Å²) in [7, 11) is 1.98. The van der Waals surface area contributed by atoms with Crippen LogP contribution in [0.15, 0.2) is 21.6 Å². The van der Waals surface area contributed by atoms with E-state index in [-0.39, 0.29) is 0 Å². The van der Waals surface area contributed by atoms with Gasteiger partial charge < -0.3 is 4.90 Å². The van der Waals surface area contributed by atoms with Gasteiger partial charge in [-0.2, -0.15) is 0 Å². The van der Waals surface area contributed by atoms with E-state index < -0.39 is 0 Å². The van der Waals surface area contributed by atoms with Crippen molar-refractivity contribution in [3.8, 4) is 0 Å². The Kier molecular flexibility index (Phi) is 4.61. The summed E-state index contributed by atoms with van der Waals surface area (Å²) in [4.78, 5) is 6.32. The molecular weight excluding hydrogens is 275 g/mol. The second-order valence-electron chi connectivity index (χ2n) is 3.37. The van der Waals surface area contributed by atoms with Crippen molar-refractivity contribution >= 4 is 39.6 Å². The number of hydrogen-bond donors (Lipinski definition) is 0. The van der Waals surface area contributed by atoms with Crippen LogP contribution < -0.4 is 0 Å². The number of aryl methyl sites for hydroxylation is 1. The van der Waals surface area contributed by atoms with Gasteiger partial charge in [-0.25, -0.2) is 4.99 Å². The molecule has 0 atom stereocenters. The lowest BCUT2D eigenvalue weighted by Crippen LogP contribution is -2.14. The van der Waals surface area contributed by atoms with E-state index >= 15 is 0 Å². The molecule has 15 heavy (non-hydrogen) atoms. The van der Waals surface area contributed by atoms with Crippen LogP contribution in [0.25, 0.3) is 0 Å². The monoisotopic (exact) mass is 288 g/mol. The number of nitrogens with zero attached hydrogens (tertiary/aromatic N) is 2. The van der Waals surface area contributed by atoms with Gasteiger partial charge >= 0.3 is 0 Å². The van der Waals surface area contributed by atoms with Gasteiger partial charge in [0.25, 0.3) is 0 Å². The first-order chi connectivity index (χ1) is 7.04. The fraction of sp³-hybridized carbons (Fsp3) is 0.364. The maximum Gasteiger partial charge on any atom is 0.0910 e. The Hall–Kier alpha value is -0.540. The molecule has 82 valence electrons. The van der Waals surface area contributed by atoms with Gasteiger partial charge in [0, 0.05) is 18.1 Å². The normalized spacial score (nSPS) is 11.0. The summed E-state index contributed by atoms with van der Waals surface area (Å²) in [5.74, 6) is 0. The summed E-state index contributed by atoms with van der Waals surface area (Å²) in [6.45, 7) is 5.01. The van der Waals surface area contributed by atoms with Gasteiger partial charge in [0.05, 0.1) is 17.0 Å². The third-order valence-corrected chi connectivity index (χ3v) is 3.28. The van der Waals surface area contributed by atoms with Crippen molar-refractivity contribution in [1.29, 1.82) is 0 Å². The lowest BCUT2D eigenvalue weighted by molar-refractivity contribution is 0.552. The van der Waals surface area contributed by atoms with Crippen LogP contribution in [0.1, 0.15) is 12.5 Å². The minimum absolute atomic E-state index is 0.660. The first-order valence-electron chi connectivity index (χ1n) is 4.74. The summed E-state index contributed by atoms with van der Waals surface area (Å²) in [6.07, 6.45) is 1.79. The van der Waals surface area contributed by atoms with Gasteiger partial charge in [0.15, 0.2) is 0 Å². The lowest BCUT2D eigenvalue weighted by atomic mass is 10.2. The molecule has 0 aliphatic carbocycles. The van der Waals surface area contributed by atoms with E-state index in [0.29, 0.717) is 5.02 Å². The summed E-state index contributed by atoms with van der Waals surface area (Å²) in [6, 6.07) is 3.84. The number of aliphatic imine (C=N–C) groups is 1. The molecule has 0 unspecified atom stereocenters. The maximum atomic E-state index is 6.07. The van der Waals surface area contributed by atoms with Gasteiger partial charge in [-0.1, -0.05) is 27.5 Å². The van der Waals surface area contributed by atoms with Gasteiger partial charge in [-0.15, -0.1) is 0 Å². The largest absolute Gasteiger partial charge is 0.366 e. The van der Waals surface area contributed by atoms with Crippen LogP contribution in [0.2, 0.25) is 5.02 Å². The molecule has 4 heteroatoms. The molecule has 0 N–H and O–H groups in total. The average Bonchev–Trinajstić information content (AvgIpc) is 2.21. The molecule has 0 aliphatic heterocycles. The quantitative estimate of drug-likeness (QED) is 0.606. The Labute approximate surface area is 104 Å². The SMILES string of the molecule is CCN(C)/C=N/c1cc(C)c(Br)cc1Cl. The Morgan fingerprint density at radius 2 is 2.20 bits per heavy atom. The lowest BCUT2D eigenvalue weighted by Gasteiger charge is -2.09.